The molecule has 0 saturated heterocycles. The van der Waals surface area contributed by atoms with Gasteiger partial charge in [0.2, 0.25) is 0 Å². The highest BCUT2D eigenvalue weighted by atomic mass is 35.5. The zero-order valence-corrected chi connectivity index (χ0v) is 12.9. The molecule has 0 spiro atoms. The summed E-state index contributed by atoms with van der Waals surface area (Å²) in [6, 6.07) is 10.6. The van der Waals surface area contributed by atoms with E-state index in [-0.39, 0.29) is 11.9 Å². The largest absolute Gasteiger partial charge is 0.313 e. The van der Waals surface area contributed by atoms with Crippen molar-refractivity contribution in [2.24, 2.45) is 0 Å². The monoisotopic (exact) mass is 311 g/mol. The van der Waals surface area contributed by atoms with Crippen molar-refractivity contribution in [3.8, 4) is 0 Å². The van der Waals surface area contributed by atoms with Crippen LogP contribution in [0.3, 0.4) is 0 Å². The van der Waals surface area contributed by atoms with Crippen molar-refractivity contribution in [1.82, 2.24) is 5.32 Å². The summed E-state index contributed by atoms with van der Waals surface area (Å²) >= 11 is 11.9. The van der Waals surface area contributed by atoms with E-state index in [1.54, 1.807) is 12.1 Å². The zero-order chi connectivity index (χ0) is 14.7. The van der Waals surface area contributed by atoms with E-state index in [0.717, 1.165) is 16.1 Å². The van der Waals surface area contributed by atoms with E-state index in [4.69, 9.17) is 23.2 Å². The molecular formula is C16H16Cl2FN. The van der Waals surface area contributed by atoms with Crippen LogP contribution in [-0.4, -0.2) is 7.05 Å². The minimum atomic E-state index is -0.280. The Morgan fingerprint density at radius 2 is 1.95 bits per heavy atom. The van der Waals surface area contributed by atoms with Gasteiger partial charge in [0.1, 0.15) is 5.82 Å². The second-order valence-corrected chi connectivity index (χ2v) is 5.58. The summed E-state index contributed by atoms with van der Waals surface area (Å²) < 4.78 is 13.9. The summed E-state index contributed by atoms with van der Waals surface area (Å²) in [5.41, 5.74) is 2.73. The lowest BCUT2D eigenvalue weighted by Gasteiger charge is -2.20. The molecule has 0 aliphatic rings. The van der Waals surface area contributed by atoms with Gasteiger partial charge in [0.05, 0.1) is 0 Å². The van der Waals surface area contributed by atoms with Gasteiger partial charge in [-0.25, -0.2) is 4.39 Å². The van der Waals surface area contributed by atoms with Crippen LogP contribution < -0.4 is 5.32 Å². The molecular weight excluding hydrogens is 296 g/mol. The molecule has 0 aromatic heterocycles. The van der Waals surface area contributed by atoms with Gasteiger partial charge in [0.25, 0.3) is 0 Å². The molecule has 20 heavy (non-hydrogen) atoms. The third-order valence-electron chi connectivity index (χ3n) is 3.47. The van der Waals surface area contributed by atoms with Gasteiger partial charge in [-0.15, -0.1) is 0 Å². The van der Waals surface area contributed by atoms with E-state index in [0.29, 0.717) is 17.0 Å². The summed E-state index contributed by atoms with van der Waals surface area (Å²) in [7, 11) is 1.86. The number of halogens is 3. The molecule has 0 aliphatic heterocycles. The number of nitrogens with one attached hydrogen (secondary N) is 1. The van der Waals surface area contributed by atoms with Crippen LogP contribution in [0.1, 0.15) is 22.7 Å². The molecule has 0 heterocycles. The van der Waals surface area contributed by atoms with Gasteiger partial charge in [-0.1, -0.05) is 41.4 Å². The average Bonchev–Trinajstić information content (AvgIpc) is 2.42. The summed E-state index contributed by atoms with van der Waals surface area (Å²) in [4.78, 5) is 0. The van der Waals surface area contributed by atoms with Crippen molar-refractivity contribution in [3.63, 3.8) is 0 Å². The van der Waals surface area contributed by atoms with Crippen LogP contribution in [-0.2, 0) is 6.42 Å². The average molecular weight is 312 g/mol. The molecule has 2 rings (SSSR count). The van der Waals surface area contributed by atoms with Crippen molar-refractivity contribution in [2.45, 2.75) is 19.4 Å². The topological polar surface area (TPSA) is 12.0 Å². The predicted octanol–water partition coefficient (Wildman–Crippen LogP) is 4.94. The SMILES string of the molecule is CNC(Cc1ccc(Cl)cc1F)c1cccc(Cl)c1C. The first kappa shape index (κ1) is 15.3. The minimum absolute atomic E-state index is 0.00405. The minimum Gasteiger partial charge on any atom is -0.313 e. The van der Waals surface area contributed by atoms with Crippen molar-refractivity contribution >= 4 is 23.2 Å². The normalized spacial score (nSPS) is 12.4. The Kier molecular flexibility index (Phi) is 5.03. The van der Waals surface area contributed by atoms with E-state index in [2.05, 4.69) is 5.32 Å². The molecule has 1 nitrogen and oxygen atoms in total. The Balaban J connectivity index is 2.31. The molecule has 106 valence electrons. The molecule has 2 aromatic carbocycles. The van der Waals surface area contributed by atoms with E-state index in [1.165, 1.54) is 6.07 Å². The fraction of sp³-hybridized carbons (Fsp3) is 0.250. The standard InChI is InChI=1S/C16H16Cl2FN/c1-10-13(4-3-5-14(10)18)16(20-2)8-11-6-7-12(17)9-15(11)19/h3-7,9,16,20H,8H2,1-2H3. The third kappa shape index (κ3) is 3.32. The van der Waals surface area contributed by atoms with Gasteiger partial charge in [0.15, 0.2) is 0 Å². The van der Waals surface area contributed by atoms with Gasteiger partial charge in [-0.3, -0.25) is 0 Å². The van der Waals surface area contributed by atoms with Crippen molar-refractivity contribution in [1.29, 1.82) is 0 Å². The van der Waals surface area contributed by atoms with Gasteiger partial charge >= 0.3 is 0 Å². The number of hydrogen-bond donors (Lipinski definition) is 1. The highest BCUT2D eigenvalue weighted by Gasteiger charge is 2.16. The van der Waals surface area contributed by atoms with E-state index >= 15 is 0 Å². The molecule has 0 bridgehead atoms. The fourth-order valence-corrected chi connectivity index (χ4v) is 2.62. The lowest BCUT2D eigenvalue weighted by Crippen LogP contribution is -2.20. The lowest BCUT2D eigenvalue weighted by atomic mass is 9.95. The molecule has 1 unspecified atom stereocenters. The Bertz CT molecular complexity index is 613. The molecule has 0 saturated carbocycles. The fourth-order valence-electron chi connectivity index (χ4n) is 2.28. The molecule has 1 N–H and O–H groups in total. The van der Waals surface area contributed by atoms with Gasteiger partial charge in [-0.05, 0) is 55.3 Å². The van der Waals surface area contributed by atoms with Gasteiger partial charge < -0.3 is 5.32 Å². The van der Waals surface area contributed by atoms with Crippen molar-refractivity contribution < 1.29 is 4.39 Å². The molecule has 0 fully saturated rings. The number of benzene rings is 2. The summed E-state index contributed by atoms with van der Waals surface area (Å²) in [6.45, 7) is 1.97. The van der Waals surface area contributed by atoms with Crippen LogP contribution in [0, 0.1) is 12.7 Å². The predicted molar refractivity (Wildman–Crippen MR) is 83.1 cm³/mol. The van der Waals surface area contributed by atoms with Crippen LogP contribution in [0.15, 0.2) is 36.4 Å². The second kappa shape index (κ2) is 6.57. The highest BCUT2D eigenvalue weighted by Crippen LogP contribution is 2.27. The smallest absolute Gasteiger partial charge is 0.127 e. The van der Waals surface area contributed by atoms with Crippen molar-refractivity contribution in [3.05, 3.63) is 69.0 Å². The summed E-state index contributed by atoms with van der Waals surface area (Å²) in [5.74, 6) is -0.280. The molecule has 2 aromatic rings. The number of hydrogen-bond acceptors (Lipinski definition) is 1. The van der Waals surface area contributed by atoms with E-state index in [9.17, 15) is 4.39 Å². The molecule has 0 radical (unpaired) electrons. The maximum atomic E-state index is 13.9. The Labute approximate surface area is 128 Å². The first-order valence-electron chi connectivity index (χ1n) is 6.39. The number of likely N-dealkylation sites (N-methyl/N-ethyl adjacent to an activating group) is 1. The molecule has 0 aliphatic carbocycles. The summed E-state index contributed by atoms with van der Waals surface area (Å²) in [6.07, 6.45) is 0.542. The van der Waals surface area contributed by atoms with Crippen LogP contribution in [0.25, 0.3) is 0 Å². The quantitative estimate of drug-likeness (QED) is 0.843. The van der Waals surface area contributed by atoms with Crippen molar-refractivity contribution in [2.75, 3.05) is 7.05 Å². The van der Waals surface area contributed by atoms with Crippen LogP contribution in [0.4, 0.5) is 4.39 Å². The molecule has 0 amide bonds. The first-order chi connectivity index (χ1) is 9.52. The highest BCUT2D eigenvalue weighted by molar-refractivity contribution is 6.31. The van der Waals surface area contributed by atoms with Gasteiger partial charge in [-0.2, -0.15) is 0 Å². The number of rotatable bonds is 4. The van der Waals surface area contributed by atoms with Gasteiger partial charge in [0, 0.05) is 16.1 Å². The zero-order valence-electron chi connectivity index (χ0n) is 11.4. The Morgan fingerprint density at radius 3 is 2.60 bits per heavy atom. The first-order valence-corrected chi connectivity index (χ1v) is 7.14. The van der Waals surface area contributed by atoms with Crippen LogP contribution >= 0.6 is 23.2 Å². The molecule has 4 heteroatoms. The maximum Gasteiger partial charge on any atom is 0.127 e. The molecule has 1 atom stereocenters. The van der Waals surface area contributed by atoms with Crippen LogP contribution in [0.5, 0.6) is 0 Å². The summed E-state index contributed by atoms with van der Waals surface area (Å²) in [5, 5.41) is 4.35. The Hall–Kier alpha value is -1.09. The third-order valence-corrected chi connectivity index (χ3v) is 4.12. The van der Waals surface area contributed by atoms with E-state index in [1.807, 2.05) is 32.2 Å². The maximum absolute atomic E-state index is 13.9. The second-order valence-electron chi connectivity index (χ2n) is 4.74. The van der Waals surface area contributed by atoms with Crippen LogP contribution in [0.2, 0.25) is 10.0 Å². The van der Waals surface area contributed by atoms with E-state index < -0.39 is 0 Å². The lowest BCUT2D eigenvalue weighted by molar-refractivity contribution is 0.553. The Morgan fingerprint density at radius 1 is 1.20 bits per heavy atom.